The first-order chi connectivity index (χ1) is 12.5. The fraction of sp³-hybridized carbons (Fsp3) is 0.118. The number of halogens is 1. The molecule has 0 bridgehead atoms. The van der Waals surface area contributed by atoms with Crippen LogP contribution in [-0.4, -0.2) is 27.8 Å². The Hall–Kier alpha value is -3.62. The van der Waals surface area contributed by atoms with Gasteiger partial charge in [0.15, 0.2) is 0 Å². The van der Waals surface area contributed by atoms with E-state index in [2.05, 4.69) is 20.7 Å². The fourth-order valence-corrected chi connectivity index (χ4v) is 2.53. The number of nitrogens with zero attached hydrogens (tertiary/aromatic N) is 6. The van der Waals surface area contributed by atoms with Crippen LogP contribution in [-0.2, 0) is 0 Å². The van der Waals surface area contributed by atoms with E-state index in [0.29, 0.717) is 33.2 Å². The molecule has 0 aliphatic rings. The number of anilines is 1. The maximum Gasteiger partial charge on any atom is 0.237 e. The van der Waals surface area contributed by atoms with Crippen molar-refractivity contribution in [2.75, 3.05) is 12.5 Å². The van der Waals surface area contributed by atoms with Crippen molar-refractivity contribution in [3.8, 4) is 23.6 Å². The van der Waals surface area contributed by atoms with Crippen LogP contribution in [0.2, 0.25) is 5.02 Å². The second-order valence-electron chi connectivity index (χ2n) is 5.26. The van der Waals surface area contributed by atoms with Crippen molar-refractivity contribution in [3.05, 3.63) is 40.9 Å². The topological polar surface area (TPSA) is 112 Å². The maximum atomic E-state index is 8.75. The Morgan fingerprint density at radius 2 is 1.88 bits per heavy atom. The number of hydrogen-bond donors (Lipinski definition) is 1. The van der Waals surface area contributed by atoms with Gasteiger partial charge in [-0.2, -0.15) is 20.4 Å². The second kappa shape index (κ2) is 7.09. The van der Waals surface area contributed by atoms with Crippen molar-refractivity contribution in [2.45, 2.75) is 6.92 Å². The molecule has 3 rings (SSSR count). The summed E-state index contributed by atoms with van der Waals surface area (Å²) < 4.78 is 5.14. The van der Waals surface area contributed by atoms with Gasteiger partial charge in [0, 0.05) is 0 Å². The quantitative estimate of drug-likeness (QED) is 0.561. The van der Waals surface area contributed by atoms with Gasteiger partial charge in [0.2, 0.25) is 5.71 Å². The summed E-state index contributed by atoms with van der Waals surface area (Å²) in [6.07, 6.45) is 0. The van der Waals surface area contributed by atoms with Crippen molar-refractivity contribution in [1.29, 1.82) is 10.5 Å². The third-order valence-electron chi connectivity index (χ3n) is 3.59. The highest BCUT2D eigenvalue weighted by Gasteiger charge is 2.10. The van der Waals surface area contributed by atoms with Gasteiger partial charge < -0.3 is 4.74 Å². The number of aryl methyl sites for hydroxylation is 1. The van der Waals surface area contributed by atoms with Crippen LogP contribution in [0.25, 0.3) is 16.7 Å². The number of rotatable bonds is 4. The molecule has 1 N–H and O–H groups in total. The molecule has 3 aromatic rings. The van der Waals surface area contributed by atoms with Crippen LogP contribution in [0.5, 0.6) is 5.75 Å². The molecule has 0 aliphatic heterocycles. The summed E-state index contributed by atoms with van der Waals surface area (Å²) in [5.41, 5.74) is 5.91. The smallest absolute Gasteiger partial charge is 0.237 e. The summed E-state index contributed by atoms with van der Waals surface area (Å²) in [7, 11) is 1.55. The number of nitriles is 2. The SMILES string of the molecule is COc1ccc(-n2nc3cc(C)c(NN=C(C#N)C#N)cc3n2)cc1Cl. The Bertz CT molecular complexity index is 1090. The molecule has 0 radical (unpaired) electrons. The van der Waals surface area contributed by atoms with E-state index < -0.39 is 0 Å². The number of ether oxygens (including phenoxy) is 1. The van der Waals surface area contributed by atoms with E-state index in [4.69, 9.17) is 26.9 Å². The van der Waals surface area contributed by atoms with Crippen LogP contribution in [0.15, 0.2) is 35.4 Å². The first kappa shape index (κ1) is 17.2. The average molecular weight is 366 g/mol. The zero-order valence-electron chi connectivity index (χ0n) is 13.9. The van der Waals surface area contributed by atoms with Gasteiger partial charge in [-0.25, -0.2) is 0 Å². The lowest BCUT2D eigenvalue weighted by molar-refractivity contribution is 0.415. The number of methoxy groups -OCH3 is 1. The summed E-state index contributed by atoms with van der Waals surface area (Å²) >= 11 is 6.16. The molecule has 0 unspecified atom stereocenters. The molecule has 0 saturated heterocycles. The highest BCUT2D eigenvalue weighted by Crippen LogP contribution is 2.27. The molecule has 1 heterocycles. The molecule has 0 aliphatic carbocycles. The first-order valence-electron chi connectivity index (χ1n) is 7.41. The zero-order chi connectivity index (χ0) is 18.7. The monoisotopic (exact) mass is 365 g/mol. The molecule has 0 saturated carbocycles. The predicted octanol–water partition coefficient (Wildman–Crippen LogP) is 3.21. The molecular weight excluding hydrogens is 354 g/mol. The van der Waals surface area contributed by atoms with Gasteiger partial charge in [-0.1, -0.05) is 11.6 Å². The molecule has 0 amide bonds. The highest BCUT2D eigenvalue weighted by atomic mass is 35.5. The van der Waals surface area contributed by atoms with Crippen LogP contribution in [0.3, 0.4) is 0 Å². The summed E-state index contributed by atoms with van der Waals surface area (Å²) in [5.74, 6) is 0.568. The third kappa shape index (κ3) is 3.27. The van der Waals surface area contributed by atoms with Crippen LogP contribution >= 0.6 is 11.6 Å². The number of hydrogen-bond acceptors (Lipinski definition) is 7. The summed E-state index contributed by atoms with van der Waals surface area (Å²) in [6, 6.07) is 12.2. The van der Waals surface area contributed by atoms with Crippen molar-refractivity contribution in [1.82, 2.24) is 15.0 Å². The van der Waals surface area contributed by atoms with Crippen LogP contribution < -0.4 is 10.2 Å². The molecule has 1 aromatic heterocycles. The maximum absolute atomic E-state index is 8.75. The van der Waals surface area contributed by atoms with Gasteiger partial charge in [-0.15, -0.1) is 10.2 Å². The van der Waals surface area contributed by atoms with Crippen molar-refractivity contribution < 1.29 is 4.74 Å². The van der Waals surface area contributed by atoms with E-state index in [-0.39, 0.29) is 5.71 Å². The van der Waals surface area contributed by atoms with E-state index in [1.54, 1.807) is 43.5 Å². The normalized spacial score (nSPS) is 10.0. The van der Waals surface area contributed by atoms with Gasteiger partial charge in [0.05, 0.1) is 23.5 Å². The zero-order valence-corrected chi connectivity index (χ0v) is 14.6. The number of hydrazone groups is 1. The second-order valence-corrected chi connectivity index (χ2v) is 5.67. The largest absolute Gasteiger partial charge is 0.495 e. The van der Waals surface area contributed by atoms with Gasteiger partial charge >= 0.3 is 0 Å². The van der Waals surface area contributed by atoms with Gasteiger partial charge in [0.25, 0.3) is 0 Å². The minimum Gasteiger partial charge on any atom is -0.495 e. The van der Waals surface area contributed by atoms with Gasteiger partial charge in [-0.3, -0.25) is 5.43 Å². The summed E-state index contributed by atoms with van der Waals surface area (Å²) in [4.78, 5) is 1.47. The Kier molecular flexibility index (Phi) is 4.70. The lowest BCUT2D eigenvalue weighted by atomic mass is 10.2. The minimum atomic E-state index is -0.263. The molecule has 9 heteroatoms. The van der Waals surface area contributed by atoms with Crippen LogP contribution in [0.1, 0.15) is 5.56 Å². The van der Waals surface area contributed by atoms with Gasteiger partial charge in [0.1, 0.15) is 28.9 Å². The minimum absolute atomic E-state index is 0.263. The van der Waals surface area contributed by atoms with Crippen molar-refractivity contribution >= 4 is 34.0 Å². The van der Waals surface area contributed by atoms with E-state index in [0.717, 1.165) is 5.56 Å². The lowest BCUT2D eigenvalue weighted by Gasteiger charge is -2.04. The molecule has 2 aromatic carbocycles. The van der Waals surface area contributed by atoms with E-state index in [1.165, 1.54) is 4.80 Å². The average Bonchev–Trinajstić information content (AvgIpc) is 3.05. The standard InChI is InChI=1S/C17H12ClN7O/c1-10-5-15-16(7-14(10)22-21-11(8-19)9-20)24-25(23-15)12-3-4-17(26-2)13(18)6-12/h3-7,22H,1-2H3. The molecule has 128 valence electrons. The Labute approximate surface area is 153 Å². The summed E-state index contributed by atoms with van der Waals surface area (Å²) in [5, 5.41) is 30.6. The van der Waals surface area contributed by atoms with E-state index >= 15 is 0 Å². The number of benzene rings is 2. The van der Waals surface area contributed by atoms with Gasteiger partial charge in [-0.05, 0) is 42.8 Å². The molecule has 26 heavy (non-hydrogen) atoms. The number of aromatic nitrogens is 3. The fourth-order valence-electron chi connectivity index (χ4n) is 2.27. The predicted molar refractivity (Wildman–Crippen MR) is 97.4 cm³/mol. The van der Waals surface area contributed by atoms with Crippen LogP contribution in [0.4, 0.5) is 5.69 Å². The third-order valence-corrected chi connectivity index (χ3v) is 3.89. The Morgan fingerprint density at radius 3 is 2.50 bits per heavy atom. The molecule has 0 atom stereocenters. The van der Waals surface area contributed by atoms with E-state index in [1.807, 2.05) is 13.0 Å². The molecule has 0 spiro atoms. The number of nitrogens with one attached hydrogen (secondary N) is 1. The van der Waals surface area contributed by atoms with Crippen molar-refractivity contribution in [3.63, 3.8) is 0 Å². The molecular formula is C17H12ClN7O. The first-order valence-corrected chi connectivity index (χ1v) is 7.79. The number of fused-ring (bicyclic) bond motifs is 1. The van der Waals surface area contributed by atoms with Crippen molar-refractivity contribution in [2.24, 2.45) is 5.10 Å². The lowest BCUT2D eigenvalue weighted by Crippen LogP contribution is -1.98. The van der Waals surface area contributed by atoms with Crippen LogP contribution in [0, 0.1) is 29.6 Å². The molecule has 8 nitrogen and oxygen atoms in total. The molecule has 0 fully saturated rings. The Balaban J connectivity index is 1.99. The highest BCUT2D eigenvalue weighted by molar-refractivity contribution is 6.32. The van der Waals surface area contributed by atoms with E-state index in [9.17, 15) is 0 Å². The summed E-state index contributed by atoms with van der Waals surface area (Å²) in [6.45, 7) is 1.86. The Morgan fingerprint density at radius 1 is 1.19 bits per heavy atom.